The lowest BCUT2D eigenvalue weighted by atomic mass is 9.96. The van der Waals surface area contributed by atoms with E-state index in [0.29, 0.717) is 37.4 Å². The molecule has 1 amide bonds. The Hall–Kier alpha value is -4.64. The van der Waals surface area contributed by atoms with Crippen LogP contribution in [-0.2, 0) is 14.8 Å². The number of sulfonamides is 1. The van der Waals surface area contributed by atoms with Crippen LogP contribution in [0.4, 0.5) is 11.4 Å². The summed E-state index contributed by atoms with van der Waals surface area (Å²) in [6, 6.07) is 32.5. The van der Waals surface area contributed by atoms with Crippen LogP contribution in [-0.4, -0.2) is 54.6 Å². The highest BCUT2D eigenvalue weighted by atomic mass is 32.2. The summed E-state index contributed by atoms with van der Waals surface area (Å²) in [5, 5.41) is 13.6. The number of carbonyl (C=O) groups excluding carboxylic acids is 1. The van der Waals surface area contributed by atoms with Gasteiger partial charge >= 0.3 is 0 Å². The van der Waals surface area contributed by atoms with Crippen molar-refractivity contribution in [3.8, 4) is 0 Å². The summed E-state index contributed by atoms with van der Waals surface area (Å²) in [5.74, 6) is -0.445. The van der Waals surface area contributed by atoms with Crippen molar-refractivity contribution in [3.05, 3.63) is 142 Å². The SMILES string of the molecule is O=C(/C=C/c1cccc([N+](=O)[O-])c1)Nc1ccc(S(=O)(=O)N2CCN(C(c3ccccc3)c3ccccc3)CC2)cc1. The summed E-state index contributed by atoms with van der Waals surface area (Å²) in [6.45, 7) is 1.89. The van der Waals surface area contributed by atoms with Gasteiger partial charge in [0.2, 0.25) is 15.9 Å². The number of nitro benzene ring substituents is 1. The van der Waals surface area contributed by atoms with E-state index in [0.717, 1.165) is 11.1 Å². The number of hydrogen-bond acceptors (Lipinski definition) is 6. The lowest BCUT2D eigenvalue weighted by Crippen LogP contribution is -2.49. The van der Waals surface area contributed by atoms with Gasteiger partial charge in [-0.15, -0.1) is 0 Å². The average molecular weight is 583 g/mol. The third kappa shape index (κ3) is 6.80. The van der Waals surface area contributed by atoms with Crippen molar-refractivity contribution in [2.24, 2.45) is 0 Å². The molecule has 42 heavy (non-hydrogen) atoms. The van der Waals surface area contributed by atoms with E-state index in [4.69, 9.17) is 0 Å². The molecule has 0 saturated carbocycles. The normalized spacial score (nSPS) is 14.7. The maximum Gasteiger partial charge on any atom is 0.270 e. The number of hydrogen-bond donors (Lipinski definition) is 1. The van der Waals surface area contributed by atoms with Gasteiger partial charge in [0, 0.05) is 50.1 Å². The Morgan fingerprint density at radius 2 is 1.40 bits per heavy atom. The molecule has 10 heteroatoms. The van der Waals surface area contributed by atoms with Gasteiger partial charge < -0.3 is 5.32 Å². The number of amides is 1. The van der Waals surface area contributed by atoms with Gasteiger partial charge in [-0.1, -0.05) is 72.8 Å². The second kappa shape index (κ2) is 12.9. The summed E-state index contributed by atoms with van der Waals surface area (Å²) < 4.78 is 28.4. The summed E-state index contributed by atoms with van der Waals surface area (Å²) in [6.07, 6.45) is 2.74. The third-order valence-electron chi connectivity index (χ3n) is 7.14. The zero-order valence-corrected chi connectivity index (χ0v) is 23.6. The van der Waals surface area contributed by atoms with Gasteiger partial charge in [-0.05, 0) is 47.0 Å². The molecule has 0 atom stereocenters. The largest absolute Gasteiger partial charge is 0.323 e. The van der Waals surface area contributed by atoms with Crippen molar-refractivity contribution in [1.29, 1.82) is 0 Å². The van der Waals surface area contributed by atoms with Crippen molar-refractivity contribution < 1.29 is 18.1 Å². The van der Waals surface area contributed by atoms with Crippen LogP contribution in [0.2, 0.25) is 0 Å². The monoisotopic (exact) mass is 582 g/mol. The molecule has 1 N–H and O–H groups in total. The van der Waals surface area contributed by atoms with E-state index in [-0.39, 0.29) is 16.6 Å². The zero-order chi connectivity index (χ0) is 29.5. The van der Waals surface area contributed by atoms with Gasteiger partial charge in [-0.2, -0.15) is 4.31 Å². The highest BCUT2D eigenvalue weighted by Crippen LogP contribution is 2.30. The first-order valence-electron chi connectivity index (χ1n) is 13.5. The Bertz CT molecular complexity index is 1630. The van der Waals surface area contributed by atoms with Crippen molar-refractivity contribution in [3.63, 3.8) is 0 Å². The molecule has 0 spiro atoms. The van der Waals surface area contributed by atoms with E-state index in [1.165, 1.54) is 40.7 Å². The molecular formula is C32H30N4O5S. The number of non-ortho nitro benzene ring substituents is 1. The fourth-order valence-electron chi connectivity index (χ4n) is 5.04. The predicted octanol–water partition coefficient (Wildman–Crippen LogP) is 5.34. The molecule has 1 saturated heterocycles. The molecule has 0 aliphatic carbocycles. The second-order valence-electron chi connectivity index (χ2n) is 9.86. The molecule has 4 aromatic rings. The Morgan fingerprint density at radius 1 is 0.810 bits per heavy atom. The zero-order valence-electron chi connectivity index (χ0n) is 22.7. The molecule has 1 aliphatic rings. The molecular weight excluding hydrogens is 552 g/mol. The standard InChI is InChI=1S/C32H30N4O5S/c37-31(19-14-25-8-7-13-29(24-25)36(38)39)33-28-15-17-30(18-16-28)42(40,41)35-22-20-34(21-23-35)32(26-9-3-1-4-10-26)27-11-5-2-6-12-27/h1-19,24,32H,20-23H2,(H,33,37)/b19-14+. The number of nitro groups is 1. The highest BCUT2D eigenvalue weighted by molar-refractivity contribution is 7.89. The lowest BCUT2D eigenvalue weighted by molar-refractivity contribution is -0.384. The Balaban J connectivity index is 1.21. The summed E-state index contributed by atoms with van der Waals surface area (Å²) in [7, 11) is -3.72. The van der Waals surface area contributed by atoms with E-state index in [9.17, 15) is 23.3 Å². The average Bonchev–Trinajstić information content (AvgIpc) is 3.02. The van der Waals surface area contributed by atoms with Crippen LogP contribution < -0.4 is 5.32 Å². The van der Waals surface area contributed by atoms with Crippen molar-refractivity contribution in [1.82, 2.24) is 9.21 Å². The van der Waals surface area contributed by atoms with Crippen LogP contribution in [0.15, 0.2) is 120 Å². The lowest BCUT2D eigenvalue weighted by Gasteiger charge is -2.39. The number of anilines is 1. The van der Waals surface area contributed by atoms with Crippen LogP contribution in [0.3, 0.4) is 0 Å². The first kappa shape index (κ1) is 28.9. The van der Waals surface area contributed by atoms with Crippen LogP contribution >= 0.6 is 0 Å². The molecule has 214 valence electrons. The van der Waals surface area contributed by atoms with E-state index < -0.39 is 20.9 Å². The quantitative estimate of drug-likeness (QED) is 0.162. The van der Waals surface area contributed by atoms with Gasteiger partial charge in [-0.3, -0.25) is 19.8 Å². The maximum atomic E-state index is 13.4. The summed E-state index contributed by atoms with van der Waals surface area (Å²) in [5.41, 5.74) is 3.21. The smallest absolute Gasteiger partial charge is 0.270 e. The maximum absolute atomic E-state index is 13.4. The fourth-order valence-corrected chi connectivity index (χ4v) is 6.47. The Labute approximate surface area is 244 Å². The van der Waals surface area contributed by atoms with Crippen LogP contribution in [0, 0.1) is 10.1 Å². The van der Waals surface area contributed by atoms with Gasteiger partial charge in [-0.25, -0.2) is 8.42 Å². The van der Waals surface area contributed by atoms with Gasteiger partial charge in [0.1, 0.15) is 0 Å². The minimum atomic E-state index is -3.72. The Kier molecular flexibility index (Phi) is 8.87. The molecule has 0 bridgehead atoms. The first-order valence-corrected chi connectivity index (χ1v) is 14.9. The third-order valence-corrected chi connectivity index (χ3v) is 9.05. The van der Waals surface area contributed by atoms with Crippen LogP contribution in [0.25, 0.3) is 6.08 Å². The Morgan fingerprint density at radius 3 is 1.98 bits per heavy atom. The summed E-state index contributed by atoms with van der Waals surface area (Å²) >= 11 is 0. The molecule has 9 nitrogen and oxygen atoms in total. The number of carbonyl (C=O) groups is 1. The van der Waals surface area contributed by atoms with Gasteiger partial charge in [0.25, 0.3) is 5.69 Å². The number of benzene rings is 4. The second-order valence-corrected chi connectivity index (χ2v) is 11.8. The van der Waals surface area contributed by atoms with Crippen molar-refractivity contribution >= 4 is 33.4 Å². The van der Waals surface area contributed by atoms with Crippen molar-refractivity contribution in [2.45, 2.75) is 10.9 Å². The summed E-state index contributed by atoms with van der Waals surface area (Å²) in [4.78, 5) is 25.3. The molecule has 1 aliphatic heterocycles. The van der Waals surface area contributed by atoms with E-state index >= 15 is 0 Å². The molecule has 4 aromatic carbocycles. The molecule has 1 fully saturated rings. The van der Waals surface area contributed by atoms with Crippen LogP contribution in [0.1, 0.15) is 22.7 Å². The van der Waals surface area contributed by atoms with Crippen LogP contribution in [0.5, 0.6) is 0 Å². The number of rotatable bonds is 9. The van der Waals surface area contributed by atoms with E-state index in [1.807, 2.05) is 36.4 Å². The topological polar surface area (TPSA) is 113 Å². The highest BCUT2D eigenvalue weighted by Gasteiger charge is 2.32. The van der Waals surface area contributed by atoms with Gasteiger partial charge in [0.05, 0.1) is 15.9 Å². The van der Waals surface area contributed by atoms with E-state index in [1.54, 1.807) is 24.3 Å². The van der Waals surface area contributed by atoms with E-state index in [2.05, 4.69) is 34.5 Å². The van der Waals surface area contributed by atoms with Gasteiger partial charge in [0.15, 0.2) is 0 Å². The number of nitrogens with zero attached hydrogens (tertiary/aromatic N) is 3. The molecule has 5 rings (SSSR count). The minimum Gasteiger partial charge on any atom is -0.323 e. The van der Waals surface area contributed by atoms with Crippen molar-refractivity contribution in [2.75, 3.05) is 31.5 Å². The number of nitrogens with one attached hydrogen (secondary N) is 1. The molecule has 1 heterocycles. The minimum absolute atomic E-state index is 0.0335. The molecule has 0 unspecified atom stereocenters. The molecule has 0 radical (unpaired) electrons. The fraction of sp³-hybridized carbons (Fsp3) is 0.156. The first-order chi connectivity index (χ1) is 20.3. The molecule has 0 aromatic heterocycles. The number of piperazine rings is 1. The predicted molar refractivity (Wildman–Crippen MR) is 162 cm³/mol.